The zero-order valence-electron chi connectivity index (χ0n) is 10.8. The van der Waals surface area contributed by atoms with Gasteiger partial charge in [0.1, 0.15) is 11.5 Å². The molecule has 0 saturated carbocycles. The summed E-state index contributed by atoms with van der Waals surface area (Å²) in [6.45, 7) is 5.48. The van der Waals surface area contributed by atoms with Gasteiger partial charge in [-0.05, 0) is 24.8 Å². The monoisotopic (exact) mass is 257 g/mol. The molecule has 0 fully saturated rings. The third kappa shape index (κ3) is 6.76. The number of ether oxygens (including phenoxy) is 1. The van der Waals surface area contributed by atoms with Crippen LogP contribution in [0.25, 0.3) is 0 Å². The van der Waals surface area contributed by atoms with E-state index in [1.165, 1.54) is 6.42 Å². The summed E-state index contributed by atoms with van der Waals surface area (Å²) in [6.07, 6.45) is 4.42. The lowest BCUT2D eigenvalue weighted by Crippen LogP contribution is -2.19. The molecule has 98 valence electrons. The van der Waals surface area contributed by atoms with Crippen LogP contribution in [0.4, 0.5) is 0 Å². The molecule has 0 bridgehead atoms. The largest absolute Gasteiger partial charge is 0.464 e. The Bertz CT molecular complexity index is 289. The first-order chi connectivity index (χ1) is 8.36. The first kappa shape index (κ1) is 14.6. The van der Waals surface area contributed by atoms with Crippen molar-refractivity contribution >= 4 is 11.8 Å². The molecule has 1 rings (SSSR count). The maximum atomic E-state index is 5.65. The van der Waals surface area contributed by atoms with Crippen molar-refractivity contribution in [2.45, 2.75) is 32.1 Å². The molecule has 0 aliphatic carbocycles. The minimum absolute atomic E-state index is 0.776. The van der Waals surface area contributed by atoms with E-state index in [1.54, 1.807) is 11.8 Å². The first-order valence-electron chi connectivity index (χ1n) is 6.21. The SMILES string of the molecule is CCCCOCCNCc1ccc(CSC)o1. The van der Waals surface area contributed by atoms with Crippen LogP contribution in [0.1, 0.15) is 31.3 Å². The molecular weight excluding hydrogens is 234 g/mol. The summed E-state index contributed by atoms with van der Waals surface area (Å²) in [5.41, 5.74) is 0. The Morgan fingerprint density at radius 1 is 1.29 bits per heavy atom. The topological polar surface area (TPSA) is 34.4 Å². The lowest BCUT2D eigenvalue weighted by atomic mass is 10.4. The fraction of sp³-hybridized carbons (Fsp3) is 0.692. The van der Waals surface area contributed by atoms with Gasteiger partial charge in [0, 0.05) is 13.2 Å². The summed E-state index contributed by atoms with van der Waals surface area (Å²) in [7, 11) is 0. The zero-order chi connectivity index (χ0) is 12.3. The highest BCUT2D eigenvalue weighted by Gasteiger charge is 2.00. The summed E-state index contributed by atoms with van der Waals surface area (Å²) in [6, 6.07) is 4.09. The van der Waals surface area contributed by atoms with Crippen LogP contribution in [0.2, 0.25) is 0 Å². The summed E-state index contributed by atoms with van der Waals surface area (Å²) < 4.78 is 11.1. The van der Waals surface area contributed by atoms with Gasteiger partial charge in [-0.2, -0.15) is 11.8 Å². The van der Waals surface area contributed by atoms with Crippen LogP contribution in [-0.4, -0.2) is 26.0 Å². The van der Waals surface area contributed by atoms with Gasteiger partial charge >= 0.3 is 0 Å². The molecule has 3 nitrogen and oxygen atoms in total. The lowest BCUT2D eigenvalue weighted by molar-refractivity contribution is 0.132. The lowest BCUT2D eigenvalue weighted by Gasteiger charge is -2.04. The molecule has 1 aromatic heterocycles. The molecule has 0 spiro atoms. The van der Waals surface area contributed by atoms with Crippen LogP contribution in [0.15, 0.2) is 16.5 Å². The van der Waals surface area contributed by atoms with E-state index < -0.39 is 0 Å². The molecule has 1 heterocycles. The molecule has 1 N–H and O–H groups in total. The van der Waals surface area contributed by atoms with E-state index in [0.29, 0.717) is 0 Å². The highest BCUT2D eigenvalue weighted by atomic mass is 32.2. The fourth-order valence-corrected chi connectivity index (χ4v) is 1.88. The van der Waals surface area contributed by atoms with Gasteiger partial charge in [-0.25, -0.2) is 0 Å². The molecule has 0 aliphatic heterocycles. The quantitative estimate of drug-likeness (QED) is 0.653. The Morgan fingerprint density at radius 2 is 2.12 bits per heavy atom. The normalized spacial score (nSPS) is 10.9. The Kier molecular flexibility index (Phi) is 8.22. The molecule has 0 saturated heterocycles. The Morgan fingerprint density at radius 3 is 2.88 bits per heavy atom. The van der Waals surface area contributed by atoms with Crippen molar-refractivity contribution < 1.29 is 9.15 Å². The van der Waals surface area contributed by atoms with Crippen molar-refractivity contribution in [1.82, 2.24) is 5.32 Å². The van der Waals surface area contributed by atoms with Gasteiger partial charge in [0.05, 0.1) is 18.9 Å². The number of rotatable bonds is 10. The van der Waals surface area contributed by atoms with Crippen LogP contribution >= 0.6 is 11.8 Å². The number of thioether (sulfide) groups is 1. The van der Waals surface area contributed by atoms with E-state index in [-0.39, 0.29) is 0 Å². The summed E-state index contributed by atoms with van der Waals surface area (Å²) in [5, 5.41) is 3.31. The molecule has 0 aliphatic rings. The van der Waals surface area contributed by atoms with E-state index in [0.717, 1.165) is 50.0 Å². The molecule has 0 amide bonds. The van der Waals surface area contributed by atoms with Crippen molar-refractivity contribution in [3.05, 3.63) is 23.7 Å². The third-order valence-corrected chi connectivity index (χ3v) is 2.94. The maximum Gasteiger partial charge on any atom is 0.118 e. The van der Waals surface area contributed by atoms with Crippen LogP contribution in [0.5, 0.6) is 0 Å². The number of furan rings is 1. The molecule has 1 aromatic rings. The van der Waals surface area contributed by atoms with E-state index in [2.05, 4.69) is 18.5 Å². The number of nitrogens with one attached hydrogen (secondary N) is 1. The predicted octanol–water partition coefficient (Wildman–Crippen LogP) is 3.05. The van der Waals surface area contributed by atoms with Gasteiger partial charge < -0.3 is 14.5 Å². The summed E-state index contributed by atoms with van der Waals surface area (Å²) in [5.74, 6) is 3.00. The summed E-state index contributed by atoms with van der Waals surface area (Å²) in [4.78, 5) is 0. The molecule has 0 atom stereocenters. The van der Waals surface area contributed by atoms with E-state index in [1.807, 2.05) is 12.1 Å². The highest BCUT2D eigenvalue weighted by Crippen LogP contribution is 2.12. The Balaban J connectivity index is 2.01. The smallest absolute Gasteiger partial charge is 0.118 e. The standard InChI is InChI=1S/C13H23NO2S/c1-3-4-8-15-9-7-14-10-12-5-6-13(16-12)11-17-2/h5-6,14H,3-4,7-11H2,1-2H3. The van der Waals surface area contributed by atoms with Gasteiger partial charge in [-0.15, -0.1) is 0 Å². The molecule has 0 unspecified atom stereocenters. The average molecular weight is 257 g/mol. The van der Waals surface area contributed by atoms with Gasteiger partial charge in [0.15, 0.2) is 0 Å². The highest BCUT2D eigenvalue weighted by molar-refractivity contribution is 7.97. The number of hydrogen-bond donors (Lipinski definition) is 1. The molecule has 0 aromatic carbocycles. The zero-order valence-corrected chi connectivity index (χ0v) is 11.6. The predicted molar refractivity (Wildman–Crippen MR) is 73.4 cm³/mol. The second-order valence-electron chi connectivity index (χ2n) is 3.94. The fourth-order valence-electron chi connectivity index (χ4n) is 1.44. The second-order valence-corrected chi connectivity index (χ2v) is 4.81. The van der Waals surface area contributed by atoms with Crippen molar-refractivity contribution in [2.75, 3.05) is 26.0 Å². The van der Waals surface area contributed by atoms with Gasteiger partial charge in [0.2, 0.25) is 0 Å². The minimum atomic E-state index is 0.776. The molecule has 4 heteroatoms. The van der Waals surface area contributed by atoms with Crippen molar-refractivity contribution in [1.29, 1.82) is 0 Å². The van der Waals surface area contributed by atoms with Crippen LogP contribution < -0.4 is 5.32 Å². The molecule has 0 radical (unpaired) electrons. The van der Waals surface area contributed by atoms with Crippen molar-refractivity contribution in [3.8, 4) is 0 Å². The minimum Gasteiger partial charge on any atom is -0.464 e. The van der Waals surface area contributed by atoms with Gasteiger partial charge in [-0.1, -0.05) is 13.3 Å². The molecule has 17 heavy (non-hydrogen) atoms. The van der Waals surface area contributed by atoms with Gasteiger partial charge in [-0.3, -0.25) is 0 Å². The second kappa shape index (κ2) is 9.57. The van der Waals surface area contributed by atoms with Crippen LogP contribution in [-0.2, 0) is 17.0 Å². The Hall–Kier alpha value is -0.450. The third-order valence-electron chi connectivity index (χ3n) is 2.37. The summed E-state index contributed by atoms with van der Waals surface area (Å²) >= 11 is 1.77. The van der Waals surface area contributed by atoms with E-state index in [4.69, 9.17) is 9.15 Å². The van der Waals surface area contributed by atoms with Crippen molar-refractivity contribution in [2.24, 2.45) is 0 Å². The van der Waals surface area contributed by atoms with E-state index >= 15 is 0 Å². The maximum absolute atomic E-state index is 5.65. The Labute approximate surface area is 108 Å². The first-order valence-corrected chi connectivity index (χ1v) is 7.61. The van der Waals surface area contributed by atoms with Gasteiger partial charge in [0.25, 0.3) is 0 Å². The molecular formula is C13H23NO2S. The number of unbranched alkanes of at least 4 members (excludes halogenated alkanes) is 1. The van der Waals surface area contributed by atoms with Crippen LogP contribution in [0, 0.1) is 0 Å². The number of hydrogen-bond acceptors (Lipinski definition) is 4. The van der Waals surface area contributed by atoms with E-state index in [9.17, 15) is 0 Å². The van der Waals surface area contributed by atoms with Crippen molar-refractivity contribution in [3.63, 3.8) is 0 Å². The average Bonchev–Trinajstić information content (AvgIpc) is 2.76. The van der Waals surface area contributed by atoms with Crippen LogP contribution in [0.3, 0.4) is 0 Å².